The van der Waals surface area contributed by atoms with Gasteiger partial charge in [0, 0.05) is 0 Å². The van der Waals surface area contributed by atoms with Gasteiger partial charge in [-0.1, -0.05) is 11.6 Å². The Morgan fingerprint density at radius 2 is 2.40 bits per heavy atom. The minimum absolute atomic E-state index is 0.157. The van der Waals surface area contributed by atoms with E-state index in [0.717, 1.165) is 13.0 Å². The molecule has 0 unspecified atom stereocenters. The van der Waals surface area contributed by atoms with Crippen LogP contribution in [0.5, 0.6) is 0 Å². The summed E-state index contributed by atoms with van der Waals surface area (Å²) in [6.07, 6.45) is 8.53. The first kappa shape index (κ1) is 12.2. The summed E-state index contributed by atoms with van der Waals surface area (Å²) in [6.45, 7) is 3.50. The van der Waals surface area contributed by atoms with Gasteiger partial charge in [-0.3, -0.25) is 4.79 Å². The quantitative estimate of drug-likeness (QED) is 0.415. The van der Waals surface area contributed by atoms with Crippen LogP contribution in [0.2, 0.25) is 0 Å². The molecule has 0 aromatic heterocycles. The topological polar surface area (TPSA) is 38.3 Å². The predicted octanol–water partition coefficient (Wildman–Crippen LogP) is 2.03. The number of hydrogen-bond donors (Lipinski definition) is 1. The normalized spacial score (nSPS) is 15.9. The minimum atomic E-state index is -0.157. The van der Waals surface area contributed by atoms with E-state index in [2.05, 4.69) is 11.4 Å². The van der Waals surface area contributed by atoms with Gasteiger partial charge in [-0.25, -0.2) is 0 Å². The minimum Gasteiger partial charge on any atom is -0.465 e. The summed E-state index contributed by atoms with van der Waals surface area (Å²) in [7, 11) is 0. The molecule has 0 atom stereocenters. The molecule has 1 N–H and O–H groups in total. The number of nitrogens with one attached hydrogen (secondary N) is 1. The molecule has 3 heteroatoms. The average molecular weight is 211 g/mol. The van der Waals surface area contributed by atoms with Gasteiger partial charge in [0.25, 0.3) is 0 Å². The summed E-state index contributed by atoms with van der Waals surface area (Å²) >= 11 is 0. The average Bonchev–Trinajstić information content (AvgIpc) is 2.26. The van der Waals surface area contributed by atoms with Crippen molar-refractivity contribution in [1.29, 1.82) is 0 Å². The number of hydrogen-bond acceptors (Lipinski definition) is 3. The predicted molar refractivity (Wildman–Crippen MR) is 60.7 cm³/mol. The van der Waals surface area contributed by atoms with Crippen molar-refractivity contribution in [3.8, 4) is 0 Å². The summed E-state index contributed by atoms with van der Waals surface area (Å²) in [5.41, 5.74) is 1.54. The molecule has 0 bridgehead atoms. The zero-order valence-electron chi connectivity index (χ0n) is 9.55. The number of ether oxygens (including phenoxy) is 1. The Balaban J connectivity index is 2.01. The van der Waals surface area contributed by atoms with Gasteiger partial charge in [-0.05, 0) is 45.6 Å². The van der Waals surface area contributed by atoms with E-state index in [1.54, 1.807) is 0 Å². The van der Waals surface area contributed by atoms with Gasteiger partial charge in [-0.2, -0.15) is 0 Å². The van der Waals surface area contributed by atoms with E-state index in [0.29, 0.717) is 13.2 Å². The lowest BCUT2D eigenvalue weighted by atomic mass is 9.97. The summed E-state index contributed by atoms with van der Waals surface area (Å²) in [4.78, 5) is 11.0. The zero-order chi connectivity index (χ0) is 10.9. The van der Waals surface area contributed by atoms with Gasteiger partial charge in [0.2, 0.25) is 0 Å². The second-order valence-corrected chi connectivity index (χ2v) is 3.84. The van der Waals surface area contributed by atoms with Crippen LogP contribution in [0.3, 0.4) is 0 Å². The highest BCUT2D eigenvalue weighted by Gasteiger charge is 2.04. The van der Waals surface area contributed by atoms with Crippen LogP contribution in [0.25, 0.3) is 0 Å². The van der Waals surface area contributed by atoms with E-state index < -0.39 is 0 Å². The van der Waals surface area contributed by atoms with Crippen molar-refractivity contribution in [3.63, 3.8) is 0 Å². The lowest BCUT2D eigenvalue weighted by Gasteiger charge is -2.12. The Morgan fingerprint density at radius 1 is 1.53 bits per heavy atom. The van der Waals surface area contributed by atoms with Crippen LogP contribution in [-0.2, 0) is 9.53 Å². The molecule has 1 rings (SSSR count). The van der Waals surface area contributed by atoms with E-state index in [1.807, 2.05) is 6.92 Å². The zero-order valence-corrected chi connectivity index (χ0v) is 9.55. The van der Waals surface area contributed by atoms with Crippen molar-refractivity contribution in [3.05, 3.63) is 11.6 Å². The summed E-state index contributed by atoms with van der Waals surface area (Å²) < 4.78 is 4.82. The Hall–Kier alpha value is -0.830. The smallest absolute Gasteiger partial charge is 0.319 e. The first-order chi connectivity index (χ1) is 7.33. The van der Waals surface area contributed by atoms with E-state index in [9.17, 15) is 4.79 Å². The fourth-order valence-corrected chi connectivity index (χ4v) is 1.78. The van der Waals surface area contributed by atoms with Gasteiger partial charge < -0.3 is 10.1 Å². The maximum Gasteiger partial charge on any atom is 0.319 e. The second-order valence-electron chi connectivity index (χ2n) is 3.84. The molecule has 1 aliphatic carbocycles. The van der Waals surface area contributed by atoms with Crippen molar-refractivity contribution in [1.82, 2.24) is 5.32 Å². The lowest BCUT2D eigenvalue weighted by molar-refractivity contribution is -0.141. The molecule has 0 spiro atoms. The molecule has 15 heavy (non-hydrogen) atoms. The van der Waals surface area contributed by atoms with Crippen molar-refractivity contribution < 1.29 is 9.53 Å². The maximum atomic E-state index is 11.0. The molecular formula is C12H21NO2. The largest absolute Gasteiger partial charge is 0.465 e. The van der Waals surface area contributed by atoms with Crippen LogP contribution in [0.4, 0.5) is 0 Å². The Kier molecular flexibility index (Phi) is 6.09. The highest BCUT2D eigenvalue weighted by molar-refractivity contribution is 5.71. The standard InChI is InChI=1S/C12H21NO2/c1-2-15-12(14)10-13-9-8-11-6-4-3-5-7-11/h6,13H,2-5,7-10H2,1H3. The molecule has 0 heterocycles. The number of allylic oxidation sites excluding steroid dienone is 1. The fourth-order valence-electron chi connectivity index (χ4n) is 1.78. The molecule has 0 saturated carbocycles. The van der Waals surface area contributed by atoms with Crippen LogP contribution < -0.4 is 5.32 Å². The van der Waals surface area contributed by atoms with Crippen LogP contribution in [0.1, 0.15) is 39.0 Å². The highest BCUT2D eigenvalue weighted by atomic mass is 16.5. The summed E-state index contributed by atoms with van der Waals surface area (Å²) in [5, 5.41) is 3.10. The van der Waals surface area contributed by atoms with E-state index in [4.69, 9.17) is 4.74 Å². The third-order valence-corrected chi connectivity index (χ3v) is 2.58. The monoisotopic (exact) mass is 211 g/mol. The molecule has 0 aromatic rings. The van der Waals surface area contributed by atoms with Crippen molar-refractivity contribution in [2.45, 2.75) is 39.0 Å². The molecule has 0 aliphatic heterocycles. The Bertz CT molecular complexity index is 224. The number of carbonyl (C=O) groups excluding carboxylic acids is 1. The number of rotatable bonds is 6. The summed E-state index contributed by atoms with van der Waals surface area (Å²) in [5.74, 6) is -0.157. The van der Waals surface area contributed by atoms with Gasteiger partial charge >= 0.3 is 5.97 Å². The molecule has 0 fully saturated rings. The first-order valence-corrected chi connectivity index (χ1v) is 5.87. The summed E-state index contributed by atoms with van der Waals surface area (Å²) in [6, 6.07) is 0. The van der Waals surface area contributed by atoms with Gasteiger partial charge in [0.05, 0.1) is 13.2 Å². The molecule has 0 radical (unpaired) electrons. The fraction of sp³-hybridized carbons (Fsp3) is 0.750. The molecule has 3 nitrogen and oxygen atoms in total. The van der Waals surface area contributed by atoms with Gasteiger partial charge in [0.15, 0.2) is 0 Å². The number of esters is 1. The van der Waals surface area contributed by atoms with E-state index >= 15 is 0 Å². The van der Waals surface area contributed by atoms with Crippen LogP contribution in [0.15, 0.2) is 11.6 Å². The van der Waals surface area contributed by atoms with E-state index in [1.165, 1.54) is 31.3 Å². The van der Waals surface area contributed by atoms with Gasteiger partial charge in [0.1, 0.15) is 0 Å². The molecule has 86 valence electrons. The lowest BCUT2D eigenvalue weighted by Crippen LogP contribution is -2.25. The molecular weight excluding hydrogens is 190 g/mol. The Morgan fingerprint density at radius 3 is 3.07 bits per heavy atom. The van der Waals surface area contributed by atoms with Crippen LogP contribution in [-0.4, -0.2) is 25.7 Å². The Labute approximate surface area is 91.9 Å². The van der Waals surface area contributed by atoms with Crippen molar-refractivity contribution >= 4 is 5.97 Å². The van der Waals surface area contributed by atoms with Gasteiger partial charge in [-0.15, -0.1) is 0 Å². The molecule has 0 amide bonds. The third kappa shape index (κ3) is 5.57. The number of carbonyl (C=O) groups is 1. The van der Waals surface area contributed by atoms with Crippen molar-refractivity contribution in [2.24, 2.45) is 0 Å². The SMILES string of the molecule is CCOC(=O)CNCCC1=CCCCC1. The second kappa shape index (κ2) is 7.46. The van der Waals surface area contributed by atoms with Crippen LogP contribution >= 0.6 is 0 Å². The third-order valence-electron chi connectivity index (χ3n) is 2.58. The van der Waals surface area contributed by atoms with E-state index in [-0.39, 0.29) is 5.97 Å². The first-order valence-electron chi connectivity index (χ1n) is 5.87. The van der Waals surface area contributed by atoms with Crippen LogP contribution in [0, 0.1) is 0 Å². The maximum absolute atomic E-state index is 11.0. The highest BCUT2D eigenvalue weighted by Crippen LogP contribution is 2.19. The molecule has 1 aliphatic rings. The van der Waals surface area contributed by atoms with Crippen molar-refractivity contribution in [2.75, 3.05) is 19.7 Å². The molecule has 0 saturated heterocycles. The molecule has 0 aromatic carbocycles.